The topological polar surface area (TPSA) is 53.0 Å². The monoisotopic (exact) mass is 490 g/mol. The number of carbonyl (C=O) groups is 1. The molecule has 2 aromatic rings. The smallest absolute Gasteiger partial charge is 0.254 e. The first-order chi connectivity index (χ1) is 17.0. The Hall–Kier alpha value is -2.08. The summed E-state index contributed by atoms with van der Waals surface area (Å²) in [4.78, 5) is 18.5. The predicted molar refractivity (Wildman–Crippen MR) is 133 cm³/mol. The van der Waals surface area contributed by atoms with Crippen LogP contribution in [0.15, 0.2) is 42.5 Å². The lowest BCUT2D eigenvalue weighted by molar-refractivity contribution is -0.171. The van der Waals surface area contributed by atoms with Gasteiger partial charge in [0.1, 0.15) is 5.75 Å². The summed E-state index contributed by atoms with van der Waals surface area (Å²) in [5.41, 5.74) is 2.58. The first kappa shape index (κ1) is 21.0. The van der Waals surface area contributed by atoms with E-state index in [4.69, 9.17) is 16.3 Å². The molecular weight excluding hydrogens is 460 g/mol. The second-order valence-electron chi connectivity index (χ2n) is 11.8. The number of carbonyl (C=O) groups excluding carboxylic acids is 1. The van der Waals surface area contributed by atoms with E-state index in [1.54, 1.807) is 6.07 Å². The van der Waals surface area contributed by atoms with E-state index in [0.717, 1.165) is 43.7 Å². The molecule has 3 aliphatic heterocycles. The molecule has 5 fully saturated rings. The van der Waals surface area contributed by atoms with E-state index in [2.05, 4.69) is 15.9 Å². The van der Waals surface area contributed by atoms with Crippen LogP contribution >= 0.6 is 11.6 Å². The number of aromatic hydroxyl groups is 1. The molecule has 182 valence electrons. The molecule has 2 aromatic carbocycles. The summed E-state index contributed by atoms with van der Waals surface area (Å²) >= 11 is 6.23. The minimum Gasteiger partial charge on any atom is -0.508 e. The Bertz CT molecular complexity index is 1250. The number of ether oxygens (including phenoxy) is 1. The molecule has 8 rings (SSSR count). The molecule has 6 heteroatoms. The van der Waals surface area contributed by atoms with Crippen LogP contribution in [-0.2, 0) is 16.6 Å². The molecule has 0 unspecified atom stereocenters. The van der Waals surface area contributed by atoms with Gasteiger partial charge in [-0.1, -0.05) is 29.8 Å². The Balaban J connectivity index is 1.25. The third kappa shape index (κ3) is 2.60. The number of benzene rings is 2. The molecule has 1 amide bonds. The highest BCUT2D eigenvalue weighted by Gasteiger charge is 2.78. The SMILES string of the molecule is O=C(c1cccc(Cl)c1)N1C[C@H]2O[C@@]34CC[C@@H]1[C@@H]2[C@@]31CCN(CC2CC2)[C@@H]4Cc2cccc(O)c21. The van der Waals surface area contributed by atoms with Crippen molar-refractivity contribution in [3.05, 3.63) is 64.2 Å². The van der Waals surface area contributed by atoms with Crippen LogP contribution in [-0.4, -0.2) is 64.2 Å². The zero-order valence-corrected chi connectivity index (χ0v) is 20.6. The molecule has 6 aliphatic rings. The second kappa shape index (κ2) is 7.02. The van der Waals surface area contributed by atoms with Gasteiger partial charge < -0.3 is 14.7 Å². The molecule has 1 N–H and O–H groups in total. The first-order valence-corrected chi connectivity index (χ1v) is 13.7. The number of fused-ring (bicyclic) bond motifs is 1. The lowest BCUT2D eigenvalue weighted by Gasteiger charge is -2.64. The van der Waals surface area contributed by atoms with Crippen molar-refractivity contribution >= 4 is 17.5 Å². The number of hydrogen-bond acceptors (Lipinski definition) is 4. The van der Waals surface area contributed by atoms with E-state index in [1.165, 1.54) is 24.9 Å². The number of amides is 1. The van der Waals surface area contributed by atoms with Crippen LogP contribution in [0.2, 0.25) is 5.02 Å². The Morgan fingerprint density at radius 1 is 1.14 bits per heavy atom. The number of hydrogen-bond donors (Lipinski definition) is 1. The first-order valence-electron chi connectivity index (χ1n) is 13.3. The van der Waals surface area contributed by atoms with Crippen LogP contribution in [0.5, 0.6) is 5.75 Å². The number of piperidine rings is 1. The van der Waals surface area contributed by atoms with Gasteiger partial charge in [0, 0.05) is 52.7 Å². The highest BCUT2D eigenvalue weighted by molar-refractivity contribution is 6.30. The average Bonchev–Trinajstić information content (AvgIpc) is 3.54. The fraction of sp³-hybridized carbons (Fsp3) is 0.552. The fourth-order valence-electron chi connectivity index (χ4n) is 9.12. The summed E-state index contributed by atoms with van der Waals surface area (Å²) in [5, 5.41) is 11.9. The van der Waals surface area contributed by atoms with E-state index < -0.39 is 0 Å². The normalized spacial score (nSPS) is 38.8. The van der Waals surface area contributed by atoms with Gasteiger partial charge in [0.15, 0.2) is 0 Å². The van der Waals surface area contributed by atoms with Gasteiger partial charge in [-0.25, -0.2) is 0 Å². The lowest BCUT2D eigenvalue weighted by Crippen LogP contribution is -2.74. The van der Waals surface area contributed by atoms with Crippen LogP contribution in [0.3, 0.4) is 0 Å². The van der Waals surface area contributed by atoms with Crippen molar-refractivity contribution in [1.82, 2.24) is 9.80 Å². The quantitative estimate of drug-likeness (QED) is 0.693. The predicted octanol–water partition coefficient (Wildman–Crippen LogP) is 4.40. The van der Waals surface area contributed by atoms with Gasteiger partial charge in [0.2, 0.25) is 0 Å². The van der Waals surface area contributed by atoms with E-state index in [-0.39, 0.29) is 35.0 Å². The molecule has 5 nitrogen and oxygen atoms in total. The zero-order chi connectivity index (χ0) is 23.5. The standard InChI is InChI=1S/C29H31ClN2O3/c30-20-5-1-4-19(13-20)27(34)32-16-23-26-21(32)9-10-29(35-23)24-14-18-3-2-6-22(33)25(18)28(26,29)11-12-31(24)15-17-7-8-17/h1-6,13,17,21,23-24,26,33H,7-12,14-16H2/t21-,23-,24-,26+,28+,29-/m1/s1. The number of phenolic OH excluding ortho intramolecular Hbond substituents is 1. The average molecular weight is 491 g/mol. The maximum Gasteiger partial charge on any atom is 0.254 e. The van der Waals surface area contributed by atoms with Crippen molar-refractivity contribution in [2.24, 2.45) is 11.8 Å². The summed E-state index contributed by atoms with van der Waals surface area (Å²) in [5.74, 6) is 1.53. The van der Waals surface area contributed by atoms with Crippen molar-refractivity contribution in [3.8, 4) is 5.75 Å². The molecular formula is C29H31ClN2O3. The highest BCUT2D eigenvalue weighted by Crippen LogP contribution is 2.70. The fourth-order valence-corrected chi connectivity index (χ4v) is 9.31. The van der Waals surface area contributed by atoms with E-state index in [9.17, 15) is 9.90 Å². The molecule has 4 bridgehead atoms. The van der Waals surface area contributed by atoms with E-state index >= 15 is 0 Å². The molecule has 3 aliphatic carbocycles. The Morgan fingerprint density at radius 3 is 2.83 bits per heavy atom. The number of rotatable bonds is 3. The maximum atomic E-state index is 13.7. The number of nitrogens with zero attached hydrogens (tertiary/aromatic N) is 2. The van der Waals surface area contributed by atoms with Gasteiger partial charge in [0.25, 0.3) is 5.91 Å². The number of phenols is 1. The van der Waals surface area contributed by atoms with Crippen LogP contribution < -0.4 is 0 Å². The second-order valence-corrected chi connectivity index (χ2v) is 12.3. The summed E-state index contributed by atoms with van der Waals surface area (Å²) in [7, 11) is 0. The lowest BCUT2D eigenvalue weighted by atomic mass is 9.46. The zero-order valence-electron chi connectivity index (χ0n) is 19.8. The minimum atomic E-state index is -0.261. The van der Waals surface area contributed by atoms with Crippen molar-refractivity contribution in [2.45, 2.75) is 67.7 Å². The van der Waals surface area contributed by atoms with Crippen LogP contribution in [0, 0.1) is 11.8 Å². The van der Waals surface area contributed by atoms with Crippen molar-refractivity contribution < 1.29 is 14.6 Å². The number of likely N-dealkylation sites (tertiary alicyclic amines) is 2. The Kier molecular flexibility index (Phi) is 4.22. The third-order valence-corrected chi connectivity index (χ3v) is 10.6. The molecule has 3 saturated heterocycles. The molecule has 2 saturated carbocycles. The van der Waals surface area contributed by atoms with Crippen LogP contribution in [0.25, 0.3) is 0 Å². The molecule has 6 atom stereocenters. The Morgan fingerprint density at radius 2 is 2.00 bits per heavy atom. The van der Waals surface area contributed by atoms with Gasteiger partial charge in [-0.15, -0.1) is 0 Å². The summed E-state index contributed by atoms with van der Waals surface area (Å²) in [6, 6.07) is 13.9. The molecule has 0 radical (unpaired) electrons. The van der Waals surface area contributed by atoms with E-state index in [1.807, 2.05) is 30.3 Å². The van der Waals surface area contributed by atoms with Crippen LogP contribution in [0.4, 0.5) is 0 Å². The van der Waals surface area contributed by atoms with Crippen molar-refractivity contribution in [1.29, 1.82) is 0 Å². The summed E-state index contributed by atoms with van der Waals surface area (Å²) in [6.45, 7) is 2.86. The van der Waals surface area contributed by atoms with Crippen LogP contribution in [0.1, 0.15) is 53.6 Å². The molecule has 0 spiro atoms. The molecule has 35 heavy (non-hydrogen) atoms. The van der Waals surface area contributed by atoms with Crippen molar-refractivity contribution in [3.63, 3.8) is 0 Å². The van der Waals surface area contributed by atoms with E-state index in [0.29, 0.717) is 28.9 Å². The third-order valence-electron chi connectivity index (χ3n) is 10.4. The molecule has 0 aromatic heterocycles. The number of halogens is 1. The summed E-state index contributed by atoms with van der Waals surface area (Å²) in [6.07, 6.45) is 6.58. The Labute approximate surface area is 211 Å². The van der Waals surface area contributed by atoms with Gasteiger partial charge in [-0.2, -0.15) is 0 Å². The van der Waals surface area contributed by atoms with Gasteiger partial charge in [0.05, 0.1) is 11.7 Å². The van der Waals surface area contributed by atoms with Crippen molar-refractivity contribution in [2.75, 3.05) is 19.6 Å². The van der Waals surface area contributed by atoms with Gasteiger partial charge >= 0.3 is 0 Å². The summed E-state index contributed by atoms with van der Waals surface area (Å²) < 4.78 is 7.24. The minimum absolute atomic E-state index is 0.0135. The molecule has 3 heterocycles. The van der Waals surface area contributed by atoms with Gasteiger partial charge in [-0.3, -0.25) is 9.69 Å². The van der Waals surface area contributed by atoms with Gasteiger partial charge in [-0.05, 0) is 80.8 Å². The highest BCUT2D eigenvalue weighted by atomic mass is 35.5. The largest absolute Gasteiger partial charge is 0.508 e. The maximum absolute atomic E-state index is 13.7.